The van der Waals surface area contributed by atoms with Gasteiger partial charge in [-0.3, -0.25) is 9.59 Å². The summed E-state index contributed by atoms with van der Waals surface area (Å²) in [4.78, 5) is 39.7. The first-order valence-corrected chi connectivity index (χ1v) is 11.8. The predicted octanol–water partition coefficient (Wildman–Crippen LogP) is 3.21. The van der Waals surface area contributed by atoms with E-state index in [4.69, 9.17) is 9.47 Å². The monoisotopic (exact) mass is 445 g/mol. The average Bonchev–Trinajstić information content (AvgIpc) is 2.83. The minimum Gasteiger partial charge on any atom is -0.497 e. The van der Waals surface area contributed by atoms with Crippen LogP contribution in [-0.4, -0.2) is 59.6 Å². The number of Topliss-reactive ketones (excluding diaryl/α,β-unsaturated/α-hetero) is 1. The number of rotatable bonds is 9. The van der Waals surface area contributed by atoms with Gasteiger partial charge in [-0.05, 0) is 69.1 Å². The van der Waals surface area contributed by atoms with Crippen LogP contribution < -0.4 is 4.74 Å². The molecule has 1 aromatic rings. The van der Waals surface area contributed by atoms with Crippen LogP contribution in [0.25, 0.3) is 0 Å². The highest BCUT2D eigenvalue weighted by molar-refractivity contribution is 6.39. The van der Waals surface area contributed by atoms with Gasteiger partial charge in [0, 0.05) is 6.54 Å². The van der Waals surface area contributed by atoms with Gasteiger partial charge >= 0.3 is 5.97 Å². The number of amides is 1. The fraction of sp³-hybridized carbons (Fsp3) is 0.640. The number of aryl methyl sites for hydroxylation is 1. The Hall–Kier alpha value is -2.41. The second-order valence-electron chi connectivity index (χ2n) is 8.90. The molecule has 3 rings (SSSR count). The molecule has 2 fully saturated rings. The maximum atomic E-state index is 12.9. The van der Waals surface area contributed by atoms with Crippen LogP contribution in [0.2, 0.25) is 0 Å². The summed E-state index contributed by atoms with van der Waals surface area (Å²) in [6, 6.07) is 7.15. The molecule has 1 amide bonds. The highest BCUT2D eigenvalue weighted by atomic mass is 16.5. The van der Waals surface area contributed by atoms with Crippen LogP contribution in [0, 0.1) is 0 Å². The summed E-state index contributed by atoms with van der Waals surface area (Å²) in [5, 5.41) is 10.7. The quantitative estimate of drug-likeness (QED) is 0.356. The molecular weight excluding hydrogens is 410 g/mol. The molecule has 1 aromatic carbocycles. The maximum absolute atomic E-state index is 12.9. The second-order valence-corrected chi connectivity index (χ2v) is 8.90. The number of benzene rings is 1. The van der Waals surface area contributed by atoms with Crippen LogP contribution in [0.1, 0.15) is 69.8 Å². The van der Waals surface area contributed by atoms with Gasteiger partial charge in [-0.15, -0.1) is 0 Å². The number of ether oxygens (including phenoxy) is 2. The number of carbonyl (C=O) groups is 3. The average molecular weight is 446 g/mol. The van der Waals surface area contributed by atoms with E-state index in [-0.39, 0.29) is 6.61 Å². The Morgan fingerprint density at radius 1 is 1.03 bits per heavy atom. The highest BCUT2D eigenvalue weighted by Crippen LogP contribution is 2.30. The first-order valence-electron chi connectivity index (χ1n) is 11.8. The van der Waals surface area contributed by atoms with Crippen molar-refractivity contribution in [2.45, 2.75) is 82.3 Å². The van der Waals surface area contributed by atoms with Crippen LogP contribution in [-0.2, 0) is 25.5 Å². The lowest BCUT2D eigenvalue weighted by atomic mass is 9.81. The molecule has 176 valence electrons. The number of aliphatic hydroxyl groups is 1. The largest absolute Gasteiger partial charge is 0.497 e. The van der Waals surface area contributed by atoms with E-state index in [0.29, 0.717) is 25.8 Å². The lowest BCUT2D eigenvalue weighted by Gasteiger charge is -2.36. The van der Waals surface area contributed by atoms with Crippen molar-refractivity contribution in [1.82, 2.24) is 4.90 Å². The van der Waals surface area contributed by atoms with E-state index in [0.717, 1.165) is 57.1 Å². The van der Waals surface area contributed by atoms with Gasteiger partial charge in [-0.2, -0.15) is 0 Å². The van der Waals surface area contributed by atoms with Crippen molar-refractivity contribution in [3.63, 3.8) is 0 Å². The Labute approximate surface area is 190 Å². The van der Waals surface area contributed by atoms with Crippen molar-refractivity contribution in [2.24, 2.45) is 0 Å². The third-order valence-corrected chi connectivity index (χ3v) is 6.60. The standard InChI is InChI=1S/C25H35NO6/c1-31-20-13-11-19(12-14-20)9-4-8-18-32-24(29)21-10-3-7-17-26(21)23(28)22(27)25(30)15-5-2-6-16-25/h11-14,21,30H,2-10,15-18H2,1H3. The Morgan fingerprint density at radius 2 is 1.75 bits per heavy atom. The van der Waals surface area contributed by atoms with Crippen LogP contribution in [0.15, 0.2) is 24.3 Å². The number of carbonyl (C=O) groups excluding carboxylic acids is 3. The maximum Gasteiger partial charge on any atom is 0.328 e. The van der Waals surface area contributed by atoms with E-state index >= 15 is 0 Å². The Morgan fingerprint density at radius 3 is 2.44 bits per heavy atom. The molecule has 1 saturated heterocycles. The van der Waals surface area contributed by atoms with Gasteiger partial charge in [0.1, 0.15) is 17.4 Å². The third kappa shape index (κ3) is 6.09. The summed E-state index contributed by atoms with van der Waals surface area (Å²) in [6.07, 6.45) is 7.56. The van der Waals surface area contributed by atoms with Gasteiger partial charge in [-0.25, -0.2) is 4.79 Å². The normalized spacial score (nSPS) is 20.4. The van der Waals surface area contributed by atoms with Crippen LogP contribution >= 0.6 is 0 Å². The first-order chi connectivity index (χ1) is 15.4. The van der Waals surface area contributed by atoms with Gasteiger partial charge in [0.2, 0.25) is 0 Å². The fourth-order valence-corrected chi connectivity index (χ4v) is 4.61. The fourth-order valence-electron chi connectivity index (χ4n) is 4.61. The van der Waals surface area contributed by atoms with E-state index in [2.05, 4.69) is 0 Å². The summed E-state index contributed by atoms with van der Waals surface area (Å²) in [7, 11) is 1.64. The zero-order valence-electron chi connectivity index (χ0n) is 19.0. The van der Waals surface area contributed by atoms with Crippen molar-refractivity contribution in [3.05, 3.63) is 29.8 Å². The van der Waals surface area contributed by atoms with E-state index in [9.17, 15) is 19.5 Å². The smallest absolute Gasteiger partial charge is 0.328 e. The first kappa shape index (κ1) is 24.2. The molecule has 1 unspecified atom stereocenters. The summed E-state index contributed by atoms with van der Waals surface area (Å²) in [5.74, 6) is -1.14. The van der Waals surface area contributed by atoms with Crippen molar-refractivity contribution in [3.8, 4) is 5.75 Å². The van der Waals surface area contributed by atoms with Crippen molar-refractivity contribution < 1.29 is 29.0 Å². The lowest BCUT2D eigenvalue weighted by Crippen LogP contribution is -2.56. The Bertz CT molecular complexity index is 784. The van der Waals surface area contributed by atoms with Gasteiger partial charge in [-0.1, -0.05) is 31.4 Å². The summed E-state index contributed by atoms with van der Waals surface area (Å²) >= 11 is 0. The minimum absolute atomic E-state index is 0.283. The summed E-state index contributed by atoms with van der Waals surface area (Å²) in [5.41, 5.74) is -0.386. The third-order valence-electron chi connectivity index (χ3n) is 6.60. The summed E-state index contributed by atoms with van der Waals surface area (Å²) < 4.78 is 10.6. The molecule has 0 bridgehead atoms. The van der Waals surface area contributed by atoms with Crippen molar-refractivity contribution in [2.75, 3.05) is 20.3 Å². The van der Waals surface area contributed by atoms with E-state index in [1.165, 1.54) is 10.5 Å². The minimum atomic E-state index is -1.58. The van der Waals surface area contributed by atoms with E-state index in [1.807, 2.05) is 24.3 Å². The number of esters is 1. The lowest BCUT2D eigenvalue weighted by molar-refractivity contribution is -0.164. The van der Waals surface area contributed by atoms with E-state index in [1.54, 1.807) is 7.11 Å². The molecule has 32 heavy (non-hydrogen) atoms. The Kier molecular flexibility index (Phi) is 8.67. The van der Waals surface area contributed by atoms with Crippen LogP contribution in [0.3, 0.4) is 0 Å². The number of unbranched alkanes of at least 4 members (excludes halogenated alkanes) is 1. The van der Waals surface area contributed by atoms with Gasteiger partial charge in [0.15, 0.2) is 0 Å². The molecule has 1 aliphatic heterocycles. The zero-order chi connectivity index (χ0) is 23.0. The zero-order valence-corrected chi connectivity index (χ0v) is 19.0. The van der Waals surface area contributed by atoms with Crippen molar-refractivity contribution in [1.29, 1.82) is 0 Å². The molecule has 7 nitrogen and oxygen atoms in total. The highest BCUT2D eigenvalue weighted by Gasteiger charge is 2.45. The van der Waals surface area contributed by atoms with Gasteiger partial charge < -0.3 is 19.5 Å². The number of hydrogen-bond acceptors (Lipinski definition) is 6. The number of nitrogens with zero attached hydrogens (tertiary/aromatic N) is 1. The molecule has 2 aliphatic rings. The molecular formula is C25H35NO6. The number of methoxy groups -OCH3 is 1. The van der Waals surface area contributed by atoms with Crippen LogP contribution in [0.4, 0.5) is 0 Å². The van der Waals surface area contributed by atoms with Crippen LogP contribution in [0.5, 0.6) is 5.75 Å². The van der Waals surface area contributed by atoms with E-state index < -0.39 is 29.3 Å². The Balaban J connectivity index is 1.47. The molecule has 1 saturated carbocycles. The van der Waals surface area contributed by atoms with Gasteiger partial charge in [0.05, 0.1) is 13.7 Å². The molecule has 1 aliphatic carbocycles. The van der Waals surface area contributed by atoms with Gasteiger partial charge in [0.25, 0.3) is 11.7 Å². The molecule has 0 spiro atoms. The second kappa shape index (κ2) is 11.5. The molecule has 1 atom stereocenters. The number of hydrogen-bond donors (Lipinski definition) is 1. The van der Waals surface area contributed by atoms with Crippen molar-refractivity contribution >= 4 is 17.7 Å². The molecule has 7 heteroatoms. The molecule has 1 heterocycles. The topological polar surface area (TPSA) is 93.1 Å². The predicted molar refractivity (Wildman–Crippen MR) is 119 cm³/mol. The molecule has 0 radical (unpaired) electrons. The SMILES string of the molecule is COc1ccc(CCCCOC(=O)C2CCCCN2C(=O)C(=O)C2(O)CCCCC2)cc1. The number of ketones is 1. The summed E-state index contributed by atoms with van der Waals surface area (Å²) in [6.45, 7) is 0.628. The number of likely N-dealkylation sites (tertiary alicyclic amines) is 1. The number of piperidine rings is 1. The molecule has 1 N–H and O–H groups in total. The molecule has 0 aromatic heterocycles.